The van der Waals surface area contributed by atoms with E-state index >= 15 is 0 Å². The standard InChI is InChI=1S/C20H14N2O2/c23-18-12-14-7-2-4-10-16(14)19(20(18)24)22-21-17-11-5-8-13-6-1-3-9-15(13)17/h1-12,23-24H. The first kappa shape index (κ1) is 14.2. The van der Waals surface area contributed by atoms with E-state index in [2.05, 4.69) is 10.2 Å². The topological polar surface area (TPSA) is 65.2 Å². The predicted molar refractivity (Wildman–Crippen MR) is 95.4 cm³/mol. The third-order valence-electron chi connectivity index (χ3n) is 4.00. The van der Waals surface area contributed by atoms with E-state index in [0.717, 1.165) is 21.5 Å². The number of phenols is 2. The molecule has 0 unspecified atom stereocenters. The van der Waals surface area contributed by atoms with Crippen molar-refractivity contribution in [2.75, 3.05) is 0 Å². The molecular weight excluding hydrogens is 300 g/mol. The van der Waals surface area contributed by atoms with E-state index in [1.807, 2.05) is 66.7 Å². The van der Waals surface area contributed by atoms with Crippen LogP contribution >= 0.6 is 0 Å². The molecule has 0 aliphatic carbocycles. The molecule has 4 rings (SSSR count). The van der Waals surface area contributed by atoms with Gasteiger partial charge in [-0.3, -0.25) is 0 Å². The van der Waals surface area contributed by atoms with Gasteiger partial charge in [-0.2, -0.15) is 0 Å². The van der Waals surface area contributed by atoms with E-state index in [1.165, 1.54) is 6.07 Å². The minimum atomic E-state index is -0.266. The summed E-state index contributed by atoms with van der Waals surface area (Å²) in [6.45, 7) is 0. The maximum atomic E-state index is 10.2. The minimum absolute atomic E-state index is 0.208. The molecule has 0 saturated heterocycles. The Morgan fingerprint density at radius 2 is 1.29 bits per heavy atom. The van der Waals surface area contributed by atoms with Gasteiger partial charge in [0.15, 0.2) is 11.5 Å². The second kappa shape index (κ2) is 5.66. The Balaban J connectivity index is 1.90. The summed E-state index contributed by atoms with van der Waals surface area (Å²) in [6.07, 6.45) is 0. The zero-order valence-electron chi connectivity index (χ0n) is 12.7. The number of aromatic hydroxyl groups is 2. The highest BCUT2D eigenvalue weighted by Crippen LogP contribution is 2.42. The normalized spacial score (nSPS) is 11.5. The highest BCUT2D eigenvalue weighted by atomic mass is 16.3. The van der Waals surface area contributed by atoms with Crippen molar-refractivity contribution >= 4 is 32.9 Å². The Bertz CT molecular complexity index is 1080. The lowest BCUT2D eigenvalue weighted by Crippen LogP contribution is -1.77. The summed E-state index contributed by atoms with van der Waals surface area (Å²) in [5.74, 6) is -0.474. The van der Waals surface area contributed by atoms with Gasteiger partial charge in [-0.1, -0.05) is 60.7 Å². The Morgan fingerprint density at radius 3 is 2.12 bits per heavy atom. The SMILES string of the molecule is Oc1cc2ccccc2c(N=Nc2cccc3ccccc23)c1O. The van der Waals surface area contributed by atoms with Crippen LogP contribution in [-0.2, 0) is 0 Å². The first-order valence-corrected chi connectivity index (χ1v) is 7.57. The van der Waals surface area contributed by atoms with E-state index in [-0.39, 0.29) is 17.2 Å². The molecule has 4 aromatic rings. The summed E-state index contributed by atoms with van der Waals surface area (Å²) < 4.78 is 0. The van der Waals surface area contributed by atoms with Gasteiger partial charge in [0.25, 0.3) is 0 Å². The number of azo groups is 1. The van der Waals surface area contributed by atoms with Gasteiger partial charge in [0.2, 0.25) is 0 Å². The van der Waals surface area contributed by atoms with Gasteiger partial charge in [0, 0.05) is 10.8 Å². The Morgan fingerprint density at radius 1 is 0.625 bits per heavy atom. The molecule has 4 heteroatoms. The third-order valence-corrected chi connectivity index (χ3v) is 4.00. The van der Waals surface area contributed by atoms with Crippen molar-refractivity contribution in [2.45, 2.75) is 0 Å². The van der Waals surface area contributed by atoms with Gasteiger partial charge in [0.05, 0.1) is 5.69 Å². The van der Waals surface area contributed by atoms with Gasteiger partial charge in [-0.05, 0) is 22.9 Å². The average Bonchev–Trinajstić information content (AvgIpc) is 2.62. The molecule has 0 aromatic heterocycles. The molecule has 4 aromatic carbocycles. The lowest BCUT2D eigenvalue weighted by Gasteiger charge is -2.06. The first-order valence-electron chi connectivity index (χ1n) is 7.57. The van der Waals surface area contributed by atoms with Crippen LogP contribution < -0.4 is 0 Å². The van der Waals surface area contributed by atoms with Gasteiger partial charge >= 0.3 is 0 Å². The molecule has 0 saturated carbocycles. The molecule has 0 radical (unpaired) electrons. The number of hydrogen-bond donors (Lipinski definition) is 2. The molecule has 116 valence electrons. The van der Waals surface area contributed by atoms with E-state index in [0.29, 0.717) is 5.69 Å². The minimum Gasteiger partial charge on any atom is -0.504 e. The highest BCUT2D eigenvalue weighted by molar-refractivity contribution is 5.97. The van der Waals surface area contributed by atoms with Crippen molar-refractivity contribution in [2.24, 2.45) is 10.2 Å². The van der Waals surface area contributed by atoms with Crippen LogP contribution in [-0.4, -0.2) is 10.2 Å². The average molecular weight is 314 g/mol. The number of hydrogen-bond acceptors (Lipinski definition) is 4. The molecule has 0 atom stereocenters. The Kier molecular flexibility index (Phi) is 3.35. The quantitative estimate of drug-likeness (QED) is 0.361. The summed E-state index contributed by atoms with van der Waals surface area (Å²) in [7, 11) is 0. The Hall–Kier alpha value is -3.40. The number of fused-ring (bicyclic) bond motifs is 2. The van der Waals surface area contributed by atoms with Crippen LogP contribution in [0.25, 0.3) is 21.5 Å². The molecule has 4 nitrogen and oxygen atoms in total. The van der Waals surface area contributed by atoms with Gasteiger partial charge < -0.3 is 10.2 Å². The van der Waals surface area contributed by atoms with E-state index in [1.54, 1.807) is 0 Å². The molecule has 2 N–H and O–H groups in total. The van der Waals surface area contributed by atoms with Gasteiger partial charge in [0.1, 0.15) is 5.69 Å². The van der Waals surface area contributed by atoms with Gasteiger partial charge in [-0.25, -0.2) is 0 Å². The predicted octanol–water partition coefficient (Wildman–Crippen LogP) is 5.82. The largest absolute Gasteiger partial charge is 0.504 e. The van der Waals surface area contributed by atoms with E-state index in [4.69, 9.17) is 0 Å². The van der Waals surface area contributed by atoms with Crippen LogP contribution in [0.1, 0.15) is 0 Å². The fraction of sp³-hybridized carbons (Fsp3) is 0. The molecular formula is C20H14N2O2. The summed E-state index contributed by atoms with van der Waals surface area (Å²) in [4.78, 5) is 0. The van der Waals surface area contributed by atoms with Crippen LogP contribution in [0.4, 0.5) is 11.4 Å². The number of phenolic OH excluding ortho intramolecular Hbond substituents is 2. The van der Waals surface area contributed by atoms with Gasteiger partial charge in [-0.15, -0.1) is 10.2 Å². The van der Waals surface area contributed by atoms with Crippen molar-refractivity contribution in [1.82, 2.24) is 0 Å². The summed E-state index contributed by atoms with van der Waals surface area (Å²) in [6, 6.07) is 22.6. The molecule has 0 bridgehead atoms. The van der Waals surface area contributed by atoms with E-state index in [9.17, 15) is 10.2 Å². The molecule has 24 heavy (non-hydrogen) atoms. The lowest BCUT2D eigenvalue weighted by atomic mass is 10.1. The van der Waals surface area contributed by atoms with Crippen LogP contribution in [0.15, 0.2) is 83.0 Å². The van der Waals surface area contributed by atoms with E-state index < -0.39 is 0 Å². The lowest BCUT2D eigenvalue weighted by molar-refractivity contribution is 0.406. The van der Waals surface area contributed by atoms with Crippen LogP contribution in [0.2, 0.25) is 0 Å². The molecule has 0 spiro atoms. The second-order valence-corrected chi connectivity index (χ2v) is 5.51. The van der Waals surface area contributed by atoms with Crippen molar-refractivity contribution in [3.8, 4) is 11.5 Å². The maximum Gasteiger partial charge on any atom is 0.186 e. The number of rotatable bonds is 2. The van der Waals surface area contributed by atoms with Crippen LogP contribution in [0.3, 0.4) is 0 Å². The zero-order valence-corrected chi connectivity index (χ0v) is 12.7. The number of nitrogens with zero attached hydrogens (tertiary/aromatic N) is 2. The maximum absolute atomic E-state index is 10.2. The van der Waals surface area contributed by atoms with Crippen molar-refractivity contribution in [3.63, 3.8) is 0 Å². The molecule has 0 heterocycles. The van der Waals surface area contributed by atoms with Crippen molar-refractivity contribution in [1.29, 1.82) is 0 Å². The summed E-state index contributed by atoms with van der Waals surface area (Å²) >= 11 is 0. The fourth-order valence-electron chi connectivity index (χ4n) is 2.80. The molecule has 0 amide bonds. The summed E-state index contributed by atoms with van der Waals surface area (Å²) in [5, 5.41) is 32.2. The fourth-order valence-corrected chi connectivity index (χ4v) is 2.80. The van der Waals surface area contributed by atoms with Crippen LogP contribution in [0, 0.1) is 0 Å². The molecule has 0 aliphatic heterocycles. The third kappa shape index (κ3) is 2.34. The monoisotopic (exact) mass is 314 g/mol. The first-order chi connectivity index (χ1) is 11.7. The molecule has 0 fully saturated rings. The molecule has 0 aliphatic rings. The van der Waals surface area contributed by atoms with Crippen molar-refractivity contribution in [3.05, 3.63) is 72.8 Å². The zero-order chi connectivity index (χ0) is 16.5. The van der Waals surface area contributed by atoms with Crippen molar-refractivity contribution < 1.29 is 10.2 Å². The summed E-state index contributed by atoms with van der Waals surface area (Å²) in [5.41, 5.74) is 0.971. The smallest absolute Gasteiger partial charge is 0.186 e. The highest BCUT2D eigenvalue weighted by Gasteiger charge is 2.11. The number of benzene rings is 4. The second-order valence-electron chi connectivity index (χ2n) is 5.51. The van der Waals surface area contributed by atoms with Crippen LogP contribution in [0.5, 0.6) is 11.5 Å². The Labute approximate surface area is 138 Å².